The number of nitrogens with zero attached hydrogens (tertiary/aromatic N) is 4. The van der Waals surface area contributed by atoms with Gasteiger partial charge >= 0.3 is 5.56 Å². The minimum atomic E-state index is -1.22. The number of imidazole rings is 1. The van der Waals surface area contributed by atoms with Gasteiger partial charge in [0.05, 0.1) is 19.0 Å². The summed E-state index contributed by atoms with van der Waals surface area (Å²) in [6.07, 6.45) is -0.761. The van der Waals surface area contributed by atoms with Crippen LogP contribution in [0.5, 0.6) is 0 Å². The van der Waals surface area contributed by atoms with Crippen LogP contribution in [0.4, 0.5) is 5.95 Å². The standard InChI is InChI=1S/C15H24N8O5/c1-2-3-6(16)12(26)20-8-10(25)7(4-24)28-14(8)22-5-19-9-11(22)21-15(17)23(18)13(9)27/h5-8,10,14,24-25H,2-4,16,18H2,1H3,(H2,17,21)(H,20,26)/t6?,7-,8?,10+,14-/m1/s1. The van der Waals surface area contributed by atoms with Crippen molar-refractivity contribution < 1.29 is 19.7 Å². The molecule has 1 aliphatic heterocycles. The Bertz CT molecular complexity index is 927. The molecule has 3 rings (SSSR count). The van der Waals surface area contributed by atoms with Crippen molar-refractivity contribution in [3.8, 4) is 0 Å². The van der Waals surface area contributed by atoms with E-state index in [4.69, 9.17) is 22.0 Å². The predicted octanol–water partition coefficient (Wildman–Crippen LogP) is -3.25. The van der Waals surface area contributed by atoms with Gasteiger partial charge in [-0.3, -0.25) is 14.2 Å². The van der Waals surface area contributed by atoms with Crippen LogP contribution in [0.2, 0.25) is 0 Å². The first kappa shape index (κ1) is 20.0. The lowest BCUT2D eigenvalue weighted by Crippen LogP contribution is -2.51. The van der Waals surface area contributed by atoms with E-state index in [9.17, 15) is 19.8 Å². The third-order valence-corrected chi connectivity index (χ3v) is 4.73. The summed E-state index contributed by atoms with van der Waals surface area (Å²) in [6, 6.07) is -1.72. The second-order valence-corrected chi connectivity index (χ2v) is 6.64. The Hall–Kier alpha value is -2.74. The summed E-state index contributed by atoms with van der Waals surface area (Å²) in [4.78, 5) is 32.6. The number of carbonyl (C=O) groups excluding carboxylic acids is 1. The maximum absolute atomic E-state index is 12.4. The number of aliphatic hydroxyl groups is 2. The molecule has 5 atom stereocenters. The molecule has 2 aromatic heterocycles. The summed E-state index contributed by atoms with van der Waals surface area (Å²) in [6.45, 7) is 1.41. The van der Waals surface area contributed by atoms with Crippen LogP contribution < -0.4 is 28.2 Å². The van der Waals surface area contributed by atoms with Crippen LogP contribution in [0.1, 0.15) is 26.0 Å². The molecule has 2 aromatic rings. The van der Waals surface area contributed by atoms with Gasteiger partial charge in [-0.2, -0.15) is 9.66 Å². The molecule has 0 radical (unpaired) electrons. The summed E-state index contributed by atoms with van der Waals surface area (Å²) >= 11 is 0. The Labute approximate surface area is 159 Å². The molecule has 0 spiro atoms. The first-order valence-corrected chi connectivity index (χ1v) is 8.80. The molecule has 28 heavy (non-hydrogen) atoms. The quantitative estimate of drug-likeness (QED) is 0.268. The van der Waals surface area contributed by atoms with Crippen molar-refractivity contribution in [1.29, 1.82) is 0 Å². The molecular weight excluding hydrogens is 372 g/mol. The highest BCUT2D eigenvalue weighted by atomic mass is 16.5. The average Bonchev–Trinajstić information content (AvgIpc) is 3.21. The Kier molecular flexibility index (Phi) is 5.51. The van der Waals surface area contributed by atoms with Gasteiger partial charge in [0.1, 0.15) is 18.2 Å². The second-order valence-electron chi connectivity index (χ2n) is 6.64. The summed E-state index contributed by atoms with van der Waals surface area (Å²) < 4.78 is 7.69. The molecule has 9 N–H and O–H groups in total. The van der Waals surface area contributed by atoms with E-state index in [-0.39, 0.29) is 17.1 Å². The number of hydrogen-bond donors (Lipinski definition) is 6. The highest BCUT2D eigenvalue weighted by Crippen LogP contribution is 2.31. The van der Waals surface area contributed by atoms with E-state index in [1.165, 1.54) is 10.9 Å². The van der Waals surface area contributed by atoms with Crippen LogP contribution in [0.25, 0.3) is 11.2 Å². The van der Waals surface area contributed by atoms with Crippen molar-refractivity contribution in [2.45, 2.75) is 50.3 Å². The number of nitrogen functional groups attached to an aromatic ring is 2. The summed E-state index contributed by atoms with van der Waals surface area (Å²) in [5.41, 5.74) is 10.8. The zero-order valence-electron chi connectivity index (χ0n) is 15.2. The molecule has 1 amide bonds. The molecule has 154 valence electrons. The Morgan fingerprint density at radius 2 is 2.21 bits per heavy atom. The number of nitrogens with one attached hydrogen (secondary N) is 1. The molecular formula is C15H24N8O5. The van der Waals surface area contributed by atoms with E-state index in [0.29, 0.717) is 17.5 Å². The van der Waals surface area contributed by atoms with E-state index in [2.05, 4.69) is 15.3 Å². The monoisotopic (exact) mass is 396 g/mol. The number of amides is 1. The summed E-state index contributed by atoms with van der Waals surface area (Å²) in [5.74, 6) is 4.80. The lowest BCUT2D eigenvalue weighted by molar-refractivity contribution is -0.124. The number of anilines is 1. The van der Waals surface area contributed by atoms with Crippen molar-refractivity contribution in [1.82, 2.24) is 24.5 Å². The summed E-state index contributed by atoms with van der Waals surface area (Å²) in [5, 5.41) is 22.6. The van der Waals surface area contributed by atoms with Gasteiger partial charge in [0.25, 0.3) is 0 Å². The molecule has 0 bridgehead atoms. The van der Waals surface area contributed by atoms with Gasteiger partial charge < -0.3 is 37.6 Å². The Balaban J connectivity index is 2.00. The highest BCUT2D eigenvalue weighted by Gasteiger charge is 2.46. The van der Waals surface area contributed by atoms with Crippen LogP contribution in [0.15, 0.2) is 11.1 Å². The Morgan fingerprint density at radius 1 is 1.50 bits per heavy atom. The van der Waals surface area contributed by atoms with Crippen molar-refractivity contribution in [3.05, 3.63) is 16.7 Å². The third-order valence-electron chi connectivity index (χ3n) is 4.73. The molecule has 1 fully saturated rings. The largest absolute Gasteiger partial charge is 0.394 e. The number of aromatic nitrogens is 4. The van der Waals surface area contributed by atoms with Gasteiger partial charge in [0, 0.05) is 0 Å². The van der Waals surface area contributed by atoms with Crippen LogP contribution in [-0.2, 0) is 9.53 Å². The maximum Gasteiger partial charge on any atom is 0.301 e. The molecule has 13 heteroatoms. The first-order chi connectivity index (χ1) is 13.3. The minimum Gasteiger partial charge on any atom is -0.394 e. The fourth-order valence-electron chi connectivity index (χ4n) is 3.19. The van der Waals surface area contributed by atoms with Gasteiger partial charge in [-0.25, -0.2) is 4.98 Å². The van der Waals surface area contributed by atoms with Gasteiger partial charge in [-0.1, -0.05) is 13.3 Å². The zero-order valence-corrected chi connectivity index (χ0v) is 15.2. The topological polar surface area (TPSA) is 210 Å². The van der Waals surface area contributed by atoms with E-state index >= 15 is 0 Å². The predicted molar refractivity (Wildman–Crippen MR) is 98.2 cm³/mol. The number of hydrogen-bond acceptors (Lipinski definition) is 10. The molecule has 1 saturated heterocycles. The van der Waals surface area contributed by atoms with Crippen molar-refractivity contribution in [2.75, 3.05) is 18.2 Å². The smallest absolute Gasteiger partial charge is 0.301 e. The second kappa shape index (κ2) is 7.71. The highest BCUT2D eigenvalue weighted by molar-refractivity contribution is 5.82. The molecule has 13 nitrogen and oxygen atoms in total. The van der Waals surface area contributed by atoms with Crippen LogP contribution in [0.3, 0.4) is 0 Å². The molecule has 3 heterocycles. The molecule has 2 unspecified atom stereocenters. The number of aliphatic hydroxyl groups excluding tert-OH is 2. The number of carbonyl (C=O) groups is 1. The van der Waals surface area contributed by atoms with E-state index < -0.39 is 48.6 Å². The number of ether oxygens (including phenoxy) is 1. The van der Waals surface area contributed by atoms with E-state index in [0.717, 1.165) is 0 Å². The number of fused-ring (bicyclic) bond motifs is 1. The minimum absolute atomic E-state index is 0.0602. The lowest BCUT2D eigenvalue weighted by atomic mass is 10.1. The van der Waals surface area contributed by atoms with Gasteiger partial charge in [-0.15, -0.1) is 0 Å². The number of nitrogens with two attached hydrogens (primary N) is 3. The fourth-order valence-corrected chi connectivity index (χ4v) is 3.19. The molecule has 0 aliphatic carbocycles. The van der Waals surface area contributed by atoms with E-state index in [1.54, 1.807) is 0 Å². The van der Waals surface area contributed by atoms with Gasteiger partial charge in [0.2, 0.25) is 11.9 Å². The van der Waals surface area contributed by atoms with Crippen LogP contribution >= 0.6 is 0 Å². The van der Waals surface area contributed by atoms with Crippen LogP contribution in [-0.4, -0.2) is 66.2 Å². The number of rotatable bonds is 6. The van der Waals surface area contributed by atoms with Crippen molar-refractivity contribution in [2.24, 2.45) is 5.73 Å². The fraction of sp³-hybridized carbons (Fsp3) is 0.600. The lowest BCUT2D eigenvalue weighted by Gasteiger charge is -2.24. The Morgan fingerprint density at radius 3 is 2.86 bits per heavy atom. The van der Waals surface area contributed by atoms with E-state index in [1.807, 2.05) is 6.92 Å². The SMILES string of the molecule is CCCC(N)C(=O)NC1[C@@H](O)[C@@H](CO)O[C@H]1n1cnc2c(=O)n(N)c(N)nc21. The van der Waals surface area contributed by atoms with Crippen molar-refractivity contribution in [3.63, 3.8) is 0 Å². The average molecular weight is 396 g/mol. The van der Waals surface area contributed by atoms with Crippen LogP contribution in [0, 0.1) is 0 Å². The molecule has 0 saturated carbocycles. The van der Waals surface area contributed by atoms with Crippen molar-refractivity contribution >= 4 is 23.0 Å². The first-order valence-electron chi connectivity index (χ1n) is 8.80. The third kappa shape index (κ3) is 3.28. The molecule has 0 aromatic carbocycles. The molecule has 1 aliphatic rings. The summed E-state index contributed by atoms with van der Waals surface area (Å²) in [7, 11) is 0. The van der Waals surface area contributed by atoms with Gasteiger partial charge in [0.15, 0.2) is 17.4 Å². The van der Waals surface area contributed by atoms with Gasteiger partial charge in [-0.05, 0) is 6.42 Å². The maximum atomic E-state index is 12.4. The normalized spacial score (nSPS) is 25.9. The zero-order chi connectivity index (χ0) is 20.6.